The maximum absolute atomic E-state index is 14.2. The number of Topliss-reactive ketones (excluding diaryl/α,β-unsaturated/α-hetero) is 1. The van der Waals surface area contributed by atoms with Gasteiger partial charge in [-0.1, -0.05) is 115 Å². The lowest BCUT2D eigenvalue weighted by atomic mass is 9.88. The minimum atomic E-state index is -0.954. The molecule has 2 heterocycles. The van der Waals surface area contributed by atoms with Crippen molar-refractivity contribution in [2.45, 2.75) is 71.0 Å². The molecule has 1 fully saturated rings. The summed E-state index contributed by atoms with van der Waals surface area (Å²) in [7, 11) is 2.91. The summed E-state index contributed by atoms with van der Waals surface area (Å²) in [5.41, 5.74) is 4.58. The third-order valence-electron chi connectivity index (χ3n) is 7.42. The average Bonchev–Trinajstić information content (AvgIpc) is 3.17. The molecule has 0 radical (unpaired) electrons. The molecule has 2 aliphatic heterocycles. The first-order valence-corrected chi connectivity index (χ1v) is 15.4. The smallest absolute Gasteiger partial charge is 0.179 e. The van der Waals surface area contributed by atoms with Gasteiger partial charge in [-0.25, -0.2) is 19.6 Å². The molecule has 3 unspecified atom stereocenters. The fourth-order valence-electron chi connectivity index (χ4n) is 5.30. The van der Waals surface area contributed by atoms with E-state index in [0.29, 0.717) is 5.57 Å². The Morgan fingerprint density at radius 1 is 0.738 bits per heavy atom. The Kier molecular flexibility index (Phi) is 9.82. The van der Waals surface area contributed by atoms with Crippen molar-refractivity contribution in [3.63, 3.8) is 0 Å². The summed E-state index contributed by atoms with van der Waals surface area (Å²) in [5, 5.41) is 0. The van der Waals surface area contributed by atoms with E-state index in [4.69, 9.17) is 19.6 Å². The predicted octanol–water partition coefficient (Wildman–Crippen LogP) is 9.32. The highest BCUT2D eigenvalue weighted by Crippen LogP contribution is 2.52. The summed E-state index contributed by atoms with van der Waals surface area (Å²) in [6.45, 7) is 13.2. The van der Waals surface area contributed by atoms with Crippen molar-refractivity contribution in [3.8, 4) is 0 Å². The zero-order valence-corrected chi connectivity index (χ0v) is 26.6. The summed E-state index contributed by atoms with van der Waals surface area (Å²) in [5.74, 6) is -0.791. The fourth-order valence-corrected chi connectivity index (χ4v) is 7.63. The van der Waals surface area contributed by atoms with Crippen LogP contribution in [0, 0.1) is 16.7 Å². The van der Waals surface area contributed by atoms with Gasteiger partial charge in [0, 0.05) is 15.4 Å². The van der Waals surface area contributed by atoms with Crippen LogP contribution in [0.4, 0.5) is 0 Å². The van der Waals surface area contributed by atoms with Crippen LogP contribution in [0.3, 0.4) is 0 Å². The predicted molar refractivity (Wildman–Crippen MR) is 174 cm³/mol. The second kappa shape index (κ2) is 12.7. The van der Waals surface area contributed by atoms with Crippen LogP contribution in [0.1, 0.15) is 60.1 Å². The van der Waals surface area contributed by atoms with Gasteiger partial charge in [0.25, 0.3) is 0 Å². The molecule has 2 aromatic rings. The van der Waals surface area contributed by atoms with E-state index in [1.165, 1.54) is 28.9 Å². The molecule has 1 aliphatic carbocycles. The van der Waals surface area contributed by atoms with Crippen molar-refractivity contribution in [2.75, 3.05) is 14.2 Å². The van der Waals surface area contributed by atoms with Crippen LogP contribution in [0.2, 0.25) is 0 Å². The maximum atomic E-state index is 14.2. The highest BCUT2D eigenvalue weighted by molar-refractivity contribution is 8.03. The molecule has 0 spiro atoms. The quantitative estimate of drug-likeness (QED) is 0.248. The SMILES string of the molecule is C.COOC1C(=O)C(C=C2C=C(C(C)(C)C)Sc3ccccc32)C(OOC)/C1=C1\C=C(C(C)(C)C)Sc2ccccc21. The Labute approximate surface area is 259 Å². The van der Waals surface area contributed by atoms with Gasteiger partial charge in [-0.05, 0) is 67.2 Å². The summed E-state index contributed by atoms with van der Waals surface area (Å²) in [6.07, 6.45) is 4.73. The van der Waals surface area contributed by atoms with E-state index in [0.717, 1.165) is 27.2 Å². The van der Waals surface area contributed by atoms with Crippen molar-refractivity contribution in [2.24, 2.45) is 16.7 Å². The molecule has 3 atom stereocenters. The Hall–Kier alpha value is -2.39. The molecule has 0 bridgehead atoms. The van der Waals surface area contributed by atoms with E-state index in [2.05, 4.69) is 84.0 Å². The van der Waals surface area contributed by atoms with E-state index in [-0.39, 0.29) is 24.0 Å². The number of carbonyl (C=O) groups is 1. The standard InChI is InChI=1S/C34H38O5S2.CH4/c1-33(2,3)27-18-20(21-13-9-11-15-25(21)40-27)17-24-30(35)32(39-37-8)29(31(24)38-36-7)23-19-28(34(4,5)6)41-26-16-12-10-14-22(23)26;/h9-19,24,31-32H,1-8H3;1H4/b20-17?,29-23-;. The molecule has 42 heavy (non-hydrogen) atoms. The number of fused-ring (bicyclic) bond motifs is 2. The molecule has 5 rings (SSSR count). The van der Waals surface area contributed by atoms with Crippen molar-refractivity contribution < 1.29 is 24.3 Å². The Morgan fingerprint density at radius 3 is 1.83 bits per heavy atom. The largest absolute Gasteiger partial charge is 0.295 e. The first-order chi connectivity index (χ1) is 19.4. The maximum Gasteiger partial charge on any atom is 0.179 e. The van der Waals surface area contributed by atoms with E-state index < -0.39 is 18.1 Å². The molecule has 0 amide bonds. The van der Waals surface area contributed by atoms with E-state index in [1.807, 2.05) is 24.3 Å². The summed E-state index contributed by atoms with van der Waals surface area (Å²) < 4.78 is 0. The summed E-state index contributed by atoms with van der Waals surface area (Å²) >= 11 is 3.54. The zero-order valence-electron chi connectivity index (χ0n) is 24.9. The van der Waals surface area contributed by atoms with Gasteiger partial charge < -0.3 is 0 Å². The number of ketones is 1. The third-order valence-corrected chi connectivity index (χ3v) is 10.5. The number of allylic oxidation sites excluding steroid dienone is 6. The number of hydrogen-bond donors (Lipinski definition) is 0. The summed E-state index contributed by atoms with van der Waals surface area (Å²) in [6, 6.07) is 16.6. The van der Waals surface area contributed by atoms with Gasteiger partial charge in [-0.2, -0.15) is 0 Å². The van der Waals surface area contributed by atoms with Crippen LogP contribution in [0.5, 0.6) is 0 Å². The first kappa shape index (κ1) is 32.5. The number of benzene rings is 2. The Balaban J connectivity index is 0.00000405. The highest BCUT2D eigenvalue weighted by Gasteiger charge is 2.50. The van der Waals surface area contributed by atoms with Gasteiger partial charge in [0.15, 0.2) is 11.9 Å². The molecule has 7 heteroatoms. The van der Waals surface area contributed by atoms with E-state index in [1.54, 1.807) is 23.5 Å². The van der Waals surface area contributed by atoms with Gasteiger partial charge in [-0.15, -0.1) is 0 Å². The minimum absolute atomic E-state index is 0. The summed E-state index contributed by atoms with van der Waals surface area (Å²) in [4.78, 5) is 41.1. The molecular formula is C35H42O5S2. The number of thioether (sulfide) groups is 2. The normalized spacial score (nSPS) is 25.0. The molecule has 224 valence electrons. The Morgan fingerprint density at radius 2 is 1.26 bits per heavy atom. The van der Waals surface area contributed by atoms with Crippen molar-refractivity contribution in [1.82, 2.24) is 0 Å². The number of rotatable bonds is 5. The second-order valence-electron chi connectivity index (χ2n) is 12.5. The van der Waals surface area contributed by atoms with Crippen LogP contribution in [-0.2, 0) is 24.3 Å². The third kappa shape index (κ3) is 6.28. The minimum Gasteiger partial charge on any atom is -0.295 e. The molecular weight excluding hydrogens is 565 g/mol. The average molecular weight is 607 g/mol. The van der Waals surface area contributed by atoms with Crippen molar-refractivity contribution >= 4 is 40.5 Å². The molecule has 1 saturated carbocycles. The molecule has 0 N–H and O–H groups in total. The zero-order chi connectivity index (χ0) is 29.5. The van der Waals surface area contributed by atoms with Crippen molar-refractivity contribution in [3.05, 3.63) is 93.3 Å². The topological polar surface area (TPSA) is 54.0 Å². The van der Waals surface area contributed by atoms with Crippen LogP contribution in [0.15, 0.2) is 91.9 Å². The van der Waals surface area contributed by atoms with Crippen LogP contribution < -0.4 is 0 Å². The lowest BCUT2D eigenvalue weighted by Crippen LogP contribution is -2.23. The molecule has 2 aromatic carbocycles. The van der Waals surface area contributed by atoms with Crippen LogP contribution >= 0.6 is 23.5 Å². The van der Waals surface area contributed by atoms with E-state index >= 15 is 0 Å². The van der Waals surface area contributed by atoms with Crippen LogP contribution in [-0.4, -0.2) is 32.2 Å². The fraction of sp³-hybridized carbons (Fsp3) is 0.400. The lowest BCUT2D eigenvalue weighted by molar-refractivity contribution is -0.305. The Bertz CT molecular complexity index is 1470. The van der Waals surface area contributed by atoms with E-state index in [9.17, 15) is 4.79 Å². The van der Waals surface area contributed by atoms with Crippen molar-refractivity contribution in [1.29, 1.82) is 0 Å². The highest BCUT2D eigenvalue weighted by atomic mass is 32.2. The first-order valence-electron chi connectivity index (χ1n) is 13.8. The molecule has 5 nitrogen and oxygen atoms in total. The van der Waals surface area contributed by atoms with Gasteiger partial charge in [0.05, 0.1) is 20.1 Å². The lowest BCUT2D eigenvalue weighted by Gasteiger charge is -2.30. The van der Waals surface area contributed by atoms with Gasteiger partial charge >= 0.3 is 0 Å². The van der Waals surface area contributed by atoms with Gasteiger partial charge in [0.2, 0.25) is 0 Å². The number of carbonyl (C=O) groups excluding carboxylic acids is 1. The monoisotopic (exact) mass is 606 g/mol. The molecule has 0 aromatic heterocycles. The van der Waals surface area contributed by atoms with Gasteiger partial charge in [0.1, 0.15) is 6.10 Å². The number of hydrogen-bond acceptors (Lipinski definition) is 7. The second-order valence-corrected chi connectivity index (χ2v) is 14.6. The van der Waals surface area contributed by atoms with Crippen LogP contribution in [0.25, 0.3) is 11.1 Å². The van der Waals surface area contributed by atoms with Gasteiger partial charge in [-0.3, -0.25) is 4.79 Å². The molecule has 0 saturated heterocycles. The molecule has 3 aliphatic rings.